The number of ether oxygens (including phenoxy) is 1. The molecule has 0 saturated carbocycles. The molecule has 0 N–H and O–H groups in total. The van der Waals surface area contributed by atoms with Crippen LogP contribution in [0.2, 0.25) is 0 Å². The number of aromatic nitrogens is 1. The summed E-state index contributed by atoms with van der Waals surface area (Å²) in [6.45, 7) is 7.19. The van der Waals surface area contributed by atoms with E-state index in [1.54, 1.807) is 51.1 Å². The second kappa shape index (κ2) is 7.55. The van der Waals surface area contributed by atoms with Crippen molar-refractivity contribution in [1.82, 2.24) is 4.98 Å². The fourth-order valence-electron chi connectivity index (χ4n) is 2.41. The molecule has 0 aliphatic heterocycles. The Kier molecular flexibility index (Phi) is 5.69. The fraction of sp³-hybridized carbons (Fsp3) is 0.294. The summed E-state index contributed by atoms with van der Waals surface area (Å²) in [5, 5.41) is 0. The minimum atomic E-state index is -2.61. The van der Waals surface area contributed by atoms with Crippen molar-refractivity contribution < 1.29 is 18.3 Å². The highest BCUT2D eigenvalue weighted by atomic mass is 32.2. The molecule has 7 heteroatoms. The number of hydrogen-bond acceptors (Lipinski definition) is 5. The van der Waals surface area contributed by atoms with Gasteiger partial charge in [0.15, 0.2) is 0 Å². The zero-order valence-electron chi connectivity index (χ0n) is 14.0. The maximum atomic E-state index is 12.3. The molecule has 0 fully saturated rings. The van der Waals surface area contributed by atoms with Crippen molar-refractivity contribution in [3.63, 3.8) is 0 Å². The maximum Gasteiger partial charge on any atom is 0.342 e. The van der Waals surface area contributed by atoms with Crippen molar-refractivity contribution in [2.75, 3.05) is 10.9 Å². The van der Waals surface area contributed by atoms with Gasteiger partial charge in [-0.15, -0.1) is 0 Å². The number of esters is 1. The van der Waals surface area contributed by atoms with Gasteiger partial charge in [-0.05, 0) is 45.9 Å². The minimum Gasteiger partial charge on any atom is -0.755 e. The van der Waals surface area contributed by atoms with Gasteiger partial charge in [-0.25, -0.2) is 4.79 Å². The molecule has 1 atom stereocenters. The van der Waals surface area contributed by atoms with Gasteiger partial charge in [0.25, 0.3) is 0 Å². The lowest BCUT2D eigenvalue weighted by molar-refractivity contribution is 0.0526. The Hall–Kier alpha value is -2.25. The zero-order chi connectivity index (χ0) is 17.9. The number of carbonyl (C=O) groups excluding carboxylic acids is 1. The number of nitrogens with zero attached hydrogens (tertiary/aromatic N) is 2. The summed E-state index contributed by atoms with van der Waals surface area (Å²) in [7, 11) is 0. The molecule has 0 spiro atoms. The highest BCUT2D eigenvalue weighted by Gasteiger charge is 2.23. The standard InChI is InChI=1S/C17H20N2O4S/c1-5-23-17(20)16-13(4)18-12(3)10-15(16)19(24(21)22)14-8-6-11(2)7-9-14/h6-10H,5H2,1-4H3,(H,21,22)/p-1. The van der Waals surface area contributed by atoms with E-state index in [0.29, 0.717) is 17.1 Å². The van der Waals surface area contributed by atoms with Gasteiger partial charge >= 0.3 is 5.97 Å². The maximum absolute atomic E-state index is 12.3. The average Bonchev–Trinajstić information content (AvgIpc) is 2.48. The number of carbonyl (C=O) groups is 1. The monoisotopic (exact) mass is 347 g/mol. The Morgan fingerprint density at radius 1 is 1.25 bits per heavy atom. The number of aryl methyl sites for hydroxylation is 3. The lowest BCUT2D eigenvalue weighted by Gasteiger charge is -2.28. The third-order valence-electron chi connectivity index (χ3n) is 3.42. The van der Waals surface area contributed by atoms with Crippen LogP contribution in [0.4, 0.5) is 11.4 Å². The molecule has 1 heterocycles. The topological polar surface area (TPSA) is 82.6 Å². The van der Waals surface area contributed by atoms with Crippen molar-refractivity contribution in [1.29, 1.82) is 0 Å². The van der Waals surface area contributed by atoms with Crippen molar-refractivity contribution in [3.8, 4) is 0 Å². The molecule has 2 aromatic rings. The predicted octanol–water partition coefficient (Wildman–Crippen LogP) is 3.12. The van der Waals surface area contributed by atoms with E-state index in [2.05, 4.69) is 4.98 Å². The molecule has 6 nitrogen and oxygen atoms in total. The van der Waals surface area contributed by atoms with Crippen LogP contribution in [0.5, 0.6) is 0 Å². The zero-order valence-corrected chi connectivity index (χ0v) is 14.8. The van der Waals surface area contributed by atoms with E-state index < -0.39 is 17.2 Å². The molecule has 1 aromatic heterocycles. The van der Waals surface area contributed by atoms with Gasteiger partial charge in [0.05, 0.1) is 34.9 Å². The lowest BCUT2D eigenvalue weighted by atomic mass is 10.1. The molecule has 0 aliphatic rings. The van der Waals surface area contributed by atoms with E-state index in [-0.39, 0.29) is 17.9 Å². The Bertz CT molecular complexity index is 775. The van der Waals surface area contributed by atoms with Crippen LogP contribution in [-0.2, 0) is 16.0 Å². The molecule has 1 aromatic carbocycles. The predicted molar refractivity (Wildman–Crippen MR) is 91.9 cm³/mol. The van der Waals surface area contributed by atoms with Crippen LogP contribution in [0, 0.1) is 20.8 Å². The highest BCUT2D eigenvalue weighted by Crippen LogP contribution is 2.32. The molecule has 24 heavy (non-hydrogen) atoms. The number of hydrogen-bond donors (Lipinski definition) is 0. The Morgan fingerprint density at radius 2 is 1.88 bits per heavy atom. The van der Waals surface area contributed by atoms with E-state index in [4.69, 9.17) is 4.74 Å². The molecule has 0 radical (unpaired) electrons. The first-order valence-electron chi connectivity index (χ1n) is 7.46. The number of benzene rings is 1. The van der Waals surface area contributed by atoms with Gasteiger partial charge in [0, 0.05) is 5.69 Å². The number of anilines is 2. The van der Waals surface area contributed by atoms with Gasteiger partial charge in [-0.2, -0.15) is 0 Å². The molecule has 0 amide bonds. The van der Waals surface area contributed by atoms with Crippen LogP contribution in [0.1, 0.15) is 34.2 Å². The van der Waals surface area contributed by atoms with E-state index in [1.807, 2.05) is 6.92 Å². The van der Waals surface area contributed by atoms with Crippen molar-refractivity contribution in [2.24, 2.45) is 0 Å². The summed E-state index contributed by atoms with van der Waals surface area (Å²) >= 11 is -2.61. The van der Waals surface area contributed by atoms with Crippen molar-refractivity contribution in [2.45, 2.75) is 27.7 Å². The SMILES string of the molecule is CCOC(=O)c1c(N(c2ccc(C)cc2)S(=O)[O-])cc(C)nc1C. The Balaban J connectivity index is 2.67. The highest BCUT2D eigenvalue weighted by molar-refractivity contribution is 7.81. The summed E-state index contributed by atoms with van der Waals surface area (Å²) in [5.74, 6) is -0.597. The molecule has 2 rings (SSSR count). The van der Waals surface area contributed by atoms with E-state index >= 15 is 0 Å². The first-order valence-corrected chi connectivity index (χ1v) is 8.49. The first kappa shape index (κ1) is 18.1. The molecule has 128 valence electrons. The van der Waals surface area contributed by atoms with Gasteiger partial charge in [-0.3, -0.25) is 13.5 Å². The van der Waals surface area contributed by atoms with E-state index in [0.717, 1.165) is 9.87 Å². The minimum absolute atomic E-state index is 0.146. The summed E-state index contributed by atoms with van der Waals surface area (Å²) in [4.78, 5) is 16.6. The van der Waals surface area contributed by atoms with Crippen LogP contribution in [0.15, 0.2) is 30.3 Å². The molecule has 1 unspecified atom stereocenters. The Morgan fingerprint density at radius 3 is 2.42 bits per heavy atom. The fourth-order valence-corrected chi connectivity index (χ4v) is 3.01. The summed E-state index contributed by atoms with van der Waals surface area (Å²) < 4.78 is 29.9. The third-order valence-corrected chi connectivity index (χ3v) is 4.13. The van der Waals surface area contributed by atoms with Crippen LogP contribution in [0.25, 0.3) is 0 Å². The van der Waals surface area contributed by atoms with Gasteiger partial charge in [0.1, 0.15) is 5.56 Å². The van der Waals surface area contributed by atoms with Gasteiger partial charge in [0.2, 0.25) is 0 Å². The second-order valence-corrected chi connectivity index (χ2v) is 6.11. The summed E-state index contributed by atoms with van der Waals surface area (Å²) in [6, 6.07) is 8.55. The van der Waals surface area contributed by atoms with Crippen LogP contribution in [0.3, 0.4) is 0 Å². The first-order chi connectivity index (χ1) is 11.3. The van der Waals surface area contributed by atoms with E-state index in [1.165, 1.54) is 0 Å². The lowest BCUT2D eigenvalue weighted by Crippen LogP contribution is -2.24. The van der Waals surface area contributed by atoms with Crippen LogP contribution in [-0.4, -0.2) is 26.3 Å². The molecule has 0 bridgehead atoms. The smallest absolute Gasteiger partial charge is 0.342 e. The van der Waals surface area contributed by atoms with Gasteiger partial charge < -0.3 is 9.29 Å². The molecule has 0 aliphatic carbocycles. The van der Waals surface area contributed by atoms with Crippen LogP contribution < -0.4 is 4.31 Å². The van der Waals surface area contributed by atoms with Crippen molar-refractivity contribution in [3.05, 3.63) is 52.8 Å². The summed E-state index contributed by atoms with van der Waals surface area (Å²) in [5.41, 5.74) is 2.85. The second-order valence-electron chi connectivity index (χ2n) is 5.31. The van der Waals surface area contributed by atoms with Gasteiger partial charge in [-0.1, -0.05) is 17.7 Å². The quantitative estimate of drug-likeness (QED) is 0.613. The van der Waals surface area contributed by atoms with Crippen molar-refractivity contribution >= 4 is 28.6 Å². The normalized spacial score (nSPS) is 11.9. The Labute approximate surface area is 143 Å². The third kappa shape index (κ3) is 3.80. The van der Waals surface area contributed by atoms with Crippen LogP contribution >= 0.6 is 0 Å². The average molecular weight is 347 g/mol. The number of pyridine rings is 1. The molecular weight excluding hydrogens is 328 g/mol. The number of rotatable bonds is 5. The largest absolute Gasteiger partial charge is 0.755 e. The summed E-state index contributed by atoms with van der Waals surface area (Å²) in [6.07, 6.45) is 0. The molecule has 0 saturated heterocycles. The molecular formula is C17H19N2O4S-. The van der Waals surface area contributed by atoms with E-state index in [9.17, 15) is 13.6 Å².